The largest absolute Gasteiger partial charge is 0.370 e. The van der Waals surface area contributed by atoms with Gasteiger partial charge in [-0.25, -0.2) is 0 Å². The van der Waals surface area contributed by atoms with Crippen molar-refractivity contribution in [1.82, 2.24) is 0 Å². The normalized spacial score (nSPS) is 23.3. The summed E-state index contributed by atoms with van der Waals surface area (Å²) in [7, 11) is 0. The van der Waals surface area contributed by atoms with Crippen molar-refractivity contribution >= 4 is 6.29 Å². The Bertz CT molecular complexity index is 180. The molecule has 1 saturated heterocycles. The minimum absolute atomic E-state index is 0.585. The number of unbranched alkanes of at least 4 members (excludes halogenated alkanes) is 6. The highest BCUT2D eigenvalue weighted by molar-refractivity contribution is 5.48. The fourth-order valence-corrected chi connectivity index (χ4v) is 2.20. The van der Waals surface area contributed by atoms with Gasteiger partial charge in [-0.15, -0.1) is 0 Å². The van der Waals surface area contributed by atoms with E-state index in [0.29, 0.717) is 12.2 Å². The van der Waals surface area contributed by atoms with E-state index in [1.807, 2.05) is 0 Å². The molecular formula is C14H26O2. The van der Waals surface area contributed by atoms with Crippen molar-refractivity contribution in [3.8, 4) is 0 Å². The number of rotatable bonds is 11. The molecule has 1 aliphatic heterocycles. The molecule has 2 atom stereocenters. The Morgan fingerprint density at radius 2 is 1.56 bits per heavy atom. The minimum atomic E-state index is 0.585. The van der Waals surface area contributed by atoms with Crippen molar-refractivity contribution < 1.29 is 9.53 Å². The molecular weight excluding hydrogens is 200 g/mol. The van der Waals surface area contributed by atoms with E-state index in [4.69, 9.17) is 4.74 Å². The molecule has 0 bridgehead atoms. The highest BCUT2D eigenvalue weighted by Crippen LogP contribution is 2.31. The van der Waals surface area contributed by atoms with Gasteiger partial charge in [0.25, 0.3) is 0 Å². The van der Waals surface area contributed by atoms with Crippen LogP contribution in [0.15, 0.2) is 0 Å². The SMILES string of the molecule is CCCCC1OC1CCCCCCCC=O. The maximum absolute atomic E-state index is 10.1. The first-order valence-corrected chi connectivity index (χ1v) is 6.97. The lowest BCUT2D eigenvalue weighted by atomic mass is 10.1. The van der Waals surface area contributed by atoms with E-state index in [2.05, 4.69) is 6.92 Å². The van der Waals surface area contributed by atoms with Crippen LogP contribution in [-0.2, 0) is 9.53 Å². The van der Waals surface area contributed by atoms with E-state index in [9.17, 15) is 4.79 Å². The summed E-state index contributed by atoms with van der Waals surface area (Å²) in [5, 5.41) is 0. The van der Waals surface area contributed by atoms with Crippen molar-refractivity contribution in [3.05, 3.63) is 0 Å². The summed E-state index contributed by atoms with van der Waals surface area (Å²) in [5.74, 6) is 0. The highest BCUT2D eigenvalue weighted by Gasteiger charge is 2.36. The summed E-state index contributed by atoms with van der Waals surface area (Å²) in [4.78, 5) is 10.1. The Morgan fingerprint density at radius 1 is 0.938 bits per heavy atom. The molecule has 2 nitrogen and oxygen atoms in total. The second kappa shape index (κ2) is 8.74. The summed E-state index contributed by atoms with van der Waals surface area (Å²) in [5.41, 5.74) is 0. The molecule has 1 fully saturated rings. The molecule has 0 N–H and O–H groups in total. The molecule has 0 aromatic heterocycles. The number of aldehydes is 1. The molecule has 0 radical (unpaired) electrons. The lowest BCUT2D eigenvalue weighted by molar-refractivity contribution is -0.107. The van der Waals surface area contributed by atoms with Crippen LogP contribution in [0.3, 0.4) is 0 Å². The zero-order valence-corrected chi connectivity index (χ0v) is 10.6. The molecule has 94 valence electrons. The lowest BCUT2D eigenvalue weighted by Gasteiger charge is -1.98. The number of carbonyl (C=O) groups is 1. The summed E-state index contributed by atoms with van der Waals surface area (Å²) in [6, 6.07) is 0. The van der Waals surface area contributed by atoms with Crippen molar-refractivity contribution in [2.75, 3.05) is 0 Å². The van der Waals surface area contributed by atoms with Gasteiger partial charge in [-0.1, -0.05) is 45.4 Å². The van der Waals surface area contributed by atoms with Crippen LogP contribution >= 0.6 is 0 Å². The highest BCUT2D eigenvalue weighted by atomic mass is 16.6. The van der Waals surface area contributed by atoms with Crippen LogP contribution in [0, 0.1) is 0 Å². The van der Waals surface area contributed by atoms with Gasteiger partial charge in [0.1, 0.15) is 6.29 Å². The fourth-order valence-electron chi connectivity index (χ4n) is 2.20. The van der Waals surface area contributed by atoms with E-state index < -0.39 is 0 Å². The third kappa shape index (κ3) is 6.26. The van der Waals surface area contributed by atoms with Crippen LogP contribution in [0.2, 0.25) is 0 Å². The monoisotopic (exact) mass is 226 g/mol. The van der Waals surface area contributed by atoms with Crippen LogP contribution in [0.25, 0.3) is 0 Å². The smallest absolute Gasteiger partial charge is 0.119 e. The van der Waals surface area contributed by atoms with Gasteiger partial charge in [-0.3, -0.25) is 0 Å². The van der Waals surface area contributed by atoms with Gasteiger partial charge in [0.2, 0.25) is 0 Å². The molecule has 16 heavy (non-hydrogen) atoms. The Labute approximate surface area is 99.8 Å². The fraction of sp³-hybridized carbons (Fsp3) is 0.929. The van der Waals surface area contributed by atoms with Crippen molar-refractivity contribution in [2.45, 2.75) is 83.3 Å². The summed E-state index contributed by atoms with van der Waals surface area (Å²) in [6.07, 6.45) is 14.2. The molecule has 1 aliphatic rings. The Balaban J connectivity index is 1.77. The third-order valence-corrected chi connectivity index (χ3v) is 3.34. The maximum atomic E-state index is 10.1. The van der Waals surface area contributed by atoms with Gasteiger partial charge >= 0.3 is 0 Å². The number of hydrogen-bond donors (Lipinski definition) is 0. The first kappa shape index (κ1) is 13.7. The van der Waals surface area contributed by atoms with E-state index in [-0.39, 0.29) is 0 Å². The predicted octanol–water partition coefficient (Wildman–Crippen LogP) is 3.87. The van der Waals surface area contributed by atoms with E-state index >= 15 is 0 Å². The molecule has 2 unspecified atom stereocenters. The number of epoxide rings is 1. The first-order chi connectivity index (χ1) is 7.88. The van der Waals surface area contributed by atoms with Gasteiger partial charge in [0.15, 0.2) is 0 Å². The average molecular weight is 226 g/mol. The first-order valence-electron chi connectivity index (χ1n) is 6.97. The summed E-state index contributed by atoms with van der Waals surface area (Å²) < 4.78 is 5.62. The summed E-state index contributed by atoms with van der Waals surface area (Å²) >= 11 is 0. The van der Waals surface area contributed by atoms with E-state index in [0.717, 1.165) is 19.1 Å². The van der Waals surface area contributed by atoms with Gasteiger partial charge < -0.3 is 9.53 Å². The molecule has 0 saturated carbocycles. The summed E-state index contributed by atoms with van der Waals surface area (Å²) in [6.45, 7) is 2.23. The standard InChI is InChI=1S/C14H26O2/c1-2-3-10-13-14(16-13)11-8-6-4-5-7-9-12-15/h12-14H,2-11H2,1H3. The van der Waals surface area contributed by atoms with Crippen molar-refractivity contribution in [1.29, 1.82) is 0 Å². The molecule has 0 aromatic carbocycles. The van der Waals surface area contributed by atoms with Crippen LogP contribution in [-0.4, -0.2) is 18.5 Å². The number of hydrogen-bond acceptors (Lipinski definition) is 2. The van der Waals surface area contributed by atoms with Gasteiger partial charge in [-0.2, -0.15) is 0 Å². The number of ether oxygens (including phenoxy) is 1. The van der Waals surface area contributed by atoms with Crippen LogP contribution in [0.5, 0.6) is 0 Å². The second-order valence-electron chi connectivity index (χ2n) is 4.87. The third-order valence-electron chi connectivity index (χ3n) is 3.34. The quantitative estimate of drug-likeness (QED) is 0.304. The lowest BCUT2D eigenvalue weighted by Crippen LogP contribution is -1.94. The van der Waals surface area contributed by atoms with Crippen LogP contribution < -0.4 is 0 Å². The second-order valence-corrected chi connectivity index (χ2v) is 4.87. The molecule has 2 heteroatoms. The molecule has 0 aromatic rings. The zero-order chi connectivity index (χ0) is 11.6. The molecule has 1 heterocycles. The van der Waals surface area contributed by atoms with Crippen LogP contribution in [0.1, 0.15) is 71.1 Å². The number of carbonyl (C=O) groups excluding carboxylic acids is 1. The van der Waals surface area contributed by atoms with Gasteiger partial charge in [0, 0.05) is 6.42 Å². The Morgan fingerprint density at radius 3 is 2.25 bits per heavy atom. The maximum Gasteiger partial charge on any atom is 0.119 e. The molecule has 0 amide bonds. The topological polar surface area (TPSA) is 29.6 Å². The molecule has 0 spiro atoms. The van der Waals surface area contributed by atoms with Gasteiger partial charge in [0.05, 0.1) is 12.2 Å². The Hall–Kier alpha value is -0.370. The average Bonchev–Trinajstić information content (AvgIpc) is 3.04. The zero-order valence-electron chi connectivity index (χ0n) is 10.6. The van der Waals surface area contributed by atoms with Crippen molar-refractivity contribution in [3.63, 3.8) is 0 Å². The Kier molecular flexibility index (Phi) is 7.48. The van der Waals surface area contributed by atoms with Gasteiger partial charge in [-0.05, 0) is 19.3 Å². The minimum Gasteiger partial charge on any atom is -0.370 e. The molecule has 0 aliphatic carbocycles. The van der Waals surface area contributed by atoms with E-state index in [1.165, 1.54) is 51.4 Å². The van der Waals surface area contributed by atoms with E-state index in [1.54, 1.807) is 0 Å². The predicted molar refractivity (Wildman–Crippen MR) is 66.6 cm³/mol. The molecule has 1 rings (SSSR count). The van der Waals surface area contributed by atoms with Crippen molar-refractivity contribution in [2.24, 2.45) is 0 Å². The van der Waals surface area contributed by atoms with Crippen LogP contribution in [0.4, 0.5) is 0 Å².